The summed E-state index contributed by atoms with van der Waals surface area (Å²) in [5.41, 5.74) is 5.27. The summed E-state index contributed by atoms with van der Waals surface area (Å²) in [6.07, 6.45) is 0.449. The van der Waals surface area contributed by atoms with Gasteiger partial charge in [-0.2, -0.15) is 0 Å². The van der Waals surface area contributed by atoms with Crippen molar-refractivity contribution in [3.05, 3.63) is 0 Å². The Bertz CT molecular complexity index is 527. The SMILES string of the molecule is CC(CC(=N)N)N(C)S(=O)(=O)C1CCS(=O)(=O)CC1. The standard InChI is InChI=1S/C10H21N3O4S2/c1-8(7-10(11)12)13(2)19(16,17)9-3-5-18(14,15)6-4-9/h8-9H,3-7H2,1-2H3,(H3,11,12). The van der Waals surface area contributed by atoms with Crippen molar-refractivity contribution >= 4 is 25.7 Å². The van der Waals surface area contributed by atoms with E-state index in [2.05, 4.69) is 0 Å². The molecule has 19 heavy (non-hydrogen) atoms. The molecule has 7 nitrogen and oxygen atoms in total. The Kier molecular flexibility index (Phi) is 4.97. The lowest BCUT2D eigenvalue weighted by Crippen LogP contribution is -2.45. The third kappa shape index (κ3) is 4.15. The van der Waals surface area contributed by atoms with Crippen LogP contribution in [-0.4, -0.2) is 56.8 Å². The van der Waals surface area contributed by atoms with E-state index < -0.39 is 31.2 Å². The highest BCUT2D eigenvalue weighted by Crippen LogP contribution is 2.23. The molecule has 1 aliphatic rings. The predicted molar refractivity (Wildman–Crippen MR) is 74.4 cm³/mol. The number of hydrogen-bond donors (Lipinski definition) is 2. The van der Waals surface area contributed by atoms with Crippen molar-refractivity contribution in [1.82, 2.24) is 4.31 Å². The van der Waals surface area contributed by atoms with Gasteiger partial charge in [-0.15, -0.1) is 0 Å². The quantitative estimate of drug-likeness (QED) is 0.525. The average Bonchev–Trinajstić information content (AvgIpc) is 2.26. The molecule has 3 N–H and O–H groups in total. The van der Waals surface area contributed by atoms with E-state index in [1.807, 2.05) is 0 Å². The molecular formula is C10H21N3O4S2. The van der Waals surface area contributed by atoms with Crippen molar-refractivity contribution in [2.24, 2.45) is 5.73 Å². The summed E-state index contributed by atoms with van der Waals surface area (Å²) < 4.78 is 48.5. The van der Waals surface area contributed by atoms with E-state index in [1.165, 1.54) is 11.4 Å². The second kappa shape index (κ2) is 5.76. The van der Waals surface area contributed by atoms with Gasteiger partial charge in [-0.05, 0) is 19.8 Å². The first-order chi connectivity index (χ1) is 8.56. The number of nitrogens with two attached hydrogens (primary N) is 1. The zero-order valence-corrected chi connectivity index (χ0v) is 12.8. The van der Waals surface area contributed by atoms with Crippen LogP contribution in [0.15, 0.2) is 0 Å². The van der Waals surface area contributed by atoms with Crippen LogP contribution in [0.2, 0.25) is 0 Å². The summed E-state index contributed by atoms with van der Waals surface area (Å²) in [5.74, 6) is -0.224. The van der Waals surface area contributed by atoms with Crippen LogP contribution >= 0.6 is 0 Å². The monoisotopic (exact) mass is 311 g/mol. The molecule has 1 rings (SSSR count). The Morgan fingerprint density at radius 2 is 1.89 bits per heavy atom. The van der Waals surface area contributed by atoms with E-state index in [0.29, 0.717) is 0 Å². The maximum atomic E-state index is 12.3. The molecule has 0 amide bonds. The molecule has 0 radical (unpaired) electrons. The van der Waals surface area contributed by atoms with Gasteiger partial charge in [-0.25, -0.2) is 21.1 Å². The largest absolute Gasteiger partial charge is 0.388 e. The summed E-state index contributed by atoms with van der Waals surface area (Å²) in [6.45, 7) is 1.68. The molecule has 0 aliphatic carbocycles. The molecule has 0 aromatic heterocycles. The summed E-state index contributed by atoms with van der Waals surface area (Å²) >= 11 is 0. The zero-order chi connectivity index (χ0) is 14.8. The number of nitrogens with zero attached hydrogens (tertiary/aromatic N) is 1. The summed E-state index contributed by atoms with van der Waals surface area (Å²) in [6, 6.07) is -0.402. The van der Waals surface area contributed by atoms with Crippen molar-refractivity contribution in [3.8, 4) is 0 Å². The lowest BCUT2D eigenvalue weighted by atomic mass is 10.2. The van der Waals surface area contributed by atoms with Crippen LogP contribution < -0.4 is 5.73 Å². The fourth-order valence-electron chi connectivity index (χ4n) is 2.10. The number of sulfonamides is 1. The van der Waals surface area contributed by atoms with E-state index in [9.17, 15) is 16.8 Å². The molecule has 112 valence electrons. The average molecular weight is 311 g/mol. The minimum Gasteiger partial charge on any atom is -0.388 e. The van der Waals surface area contributed by atoms with Crippen LogP contribution in [0.1, 0.15) is 26.2 Å². The smallest absolute Gasteiger partial charge is 0.217 e. The van der Waals surface area contributed by atoms with Crippen LogP contribution in [0.3, 0.4) is 0 Å². The molecule has 1 saturated heterocycles. The normalized spacial score (nSPS) is 22.3. The third-order valence-corrected chi connectivity index (χ3v) is 7.65. The van der Waals surface area contributed by atoms with Gasteiger partial charge in [0, 0.05) is 19.5 Å². The number of rotatable bonds is 5. The molecule has 0 spiro atoms. The molecule has 1 unspecified atom stereocenters. The van der Waals surface area contributed by atoms with Crippen LogP contribution in [0.5, 0.6) is 0 Å². The Morgan fingerprint density at radius 1 is 1.42 bits per heavy atom. The van der Waals surface area contributed by atoms with Gasteiger partial charge in [-0.3, -0.25) is 5.41 Å². The topological polar surface area (TPSA) is 121 Å². The van der Waals surface area contributed by atoms with Crippen LogP contribution in [-0.2, 0) is 19.9 Å². The van der Waals surface area contributed by atoms with E-state index in [-0.39, 0.29) is 36.6 Å². The Hall–Kier alpha value is -0.670. The van der Waals surface area contributed by atoms with Crippen LogP contribution in [0.4, 0.5) is 0 Å². The fourth-order valence-corrected chi connectivity index (χ4v) is 5.77. The molecule has 9 heteroatoms. The summed E-state index contributed by atoms with van der Waals surface area (Å²) in [7, 11) is -5.17. The van der Waals surface area contributed by atoms with Gasteiger partial charge in [-0.1, -0.05) is 0 Å². The first kappa shape index (κ1) is 16.4. The van der Waals surface area contributed by atoms with E-state index in [1.54, 1.807) is 6.92 Å². The van der Waals surface area contributed by atoms with Crippen molar-refractivity contribution in [3.63, 3.8) is 0 Å². The highest BCUT2D eigenvalue weighted by atomic mass is 32.2. The Labute approximate surface area is 114 Å². The molecule has 1 heterocycles. The second-order valence-corrected chi connectivity index (χ2v) is 9.57. The van der Waals surface area contributed by atoms with E-state index >= 15 is 0 Å². The molecule has 0 bridgehead atoms. The van der Waals surface area contributed by atoms with Crippen LogP contribution in [0, 0.1) is 5.41 Å². The van der Waals surface area contributed by atoms with Gasteiger partial charge in [0.2, 0.25) is 10.0 Å². The highest BCUT2D eigenvalue weighted by Gasteiger charge is 2.36. The first-order valence-corrected chi connectivity index (χ1v) is 9.39. The highest BCUT2D eigenvalue weighted by molar-refractivity contribution is 7.92. The lowest BCUT2D eigenvalue weighted by Gasteiger charge is -2.30. The molecule has 1 fully saturated rings. The van der Waals surface area contributed by atoms with Crippen molar-refractivity contribution < 1.29 is 16.8 Å². The second-order valence-electron chi connectivity index (χ2n) is 4.99. The van der Waals surface area contributed by atoms with Crippen molar-refractivity contribution in [2.45, 2.75) is 37.5 Å². The van der Waals surface area contributed by atoms with Gasteiger partial charge >= 0.3 is 0 Å². The Balaban J connectivity index is 2.78. The summed E-state index contributed by atoms with van der Waals surface area (Å²) in [4.78, 5) is 0. The molecular weight excluding hydrogens is 290 g/mol. The van der Waals surface area contributed by atoms with Crippen molar-refractivity contribution in [1.29, 1.82) is 5.41 Å². The summed E-state index contributed by atoms with van der Waals surface area (Å²) in [5, 5.41) is 6.54. The van der Waals surface area contributed by atoms with E-state index in [4.69, 9.17) is 11.1 Å². The maximum Gasteiger partial charge on any atom is 0.217 e. The lowest BCUT2D eigenvalue weighted by molar-refractivity contribution is 0.386. The van der Waals surface area contributed by atoms with Gasteiger partial charge in [0.05, 0.1) is 22.6 Å². The number of hydrogen-bond acceptors (Lipinski definition) is 5. The first-order valence-electron chi connectivity index (χ1n) is 6.06. The van der Waals surface area contributed by atoms with Gasteiger partial charge < -0.3 is 5.73 Å². The number of sulfone groups is 1. The zero-order valence-electron chi connectivity index (χ0n) is 11.2. The molecule has 1 atom stereocenters. The van der Waals surface area contributed by atoms with Gasteiger partial charge in [0.1, 0.15) is 9.84 Å². The number of amidine groups is 1. The predicted octanol–water partition coefficient (Wildman–Crippen LogP) is -0.460. The maximum absolute atomic E-state index is 12.3. The molecule has 0 aromatic rings. The van der Waals surface area contributed by atoms with Gasteiger partial charge in [0.25, 0.3) is 0 Å². The van der Waals surface area contributed by atoms with Gasteiger partial charge in [0.15, 0.2) is 0 Å². The Morgan fingerprint density at radius 3 is 2.32 bits per heavy atom. The minimum absolute atomic E-state index is 0.0687. The fraction of sp³-hybridized carbons (Fsp3) is 0.900. The molecule has 1 aliphatic heterocycles. The molecule has 0 saturated carbocycles. The van der Waals surface area contributed by atoms with E-state index in [0.717, 1.165) is 0 Å². The third-order valence-electron chi connectivity index (χ3n) is 3.46. The van der Waals surface area contributed by atoms with Crippen molar-refractivity contribution in [2.75, 3.05) is 18.6 Å². The molecule has 0 aromatic carbocycles. The minimum atomic E-state index is -3.54. The van der Waals surface area contributed by atoms with Crippen LogP contribution in [0.25, 0.3) is 0 Å². The number of nitrogens with one attached hydrogen (secondary N) is 1.